The van der Waals surface area contributed by atoms with Crippen LogP contribution in [-0.2, 0) is 11.3 Å². The molecule has 0 saturated heterocycles. The largest absolute Gasteiger partial charge is 0.369 e. The monoisotopic (exact) mass is 320 g/mol. The highest BCUT2D eigenvalue weighted by Gasteiger charge is 2.33. The second-order valence-corrected chi connectivity index (χ2v) is 6.42. The quantitative estimate of drug-likeness (QED) is 0.807. The Balaban J connectivity index is 1.71. The third kappa shape index (κ3) is 2.42. The Hall–Kier alpha value is -2.82. The maximum Gasteiger partial charge on any atom is 0.225 e. The van der Waals surface area contributed by atoms with E-state index in [4.69, 9.17) is 10.7 Å². The van der Waals surface area contributed by atoms with Crippen molar-refractivity contribution in [3.8, 4) is 0 Å². The molecule has 0 radical (unpaired) electrons. The van der Waals surface area contributed by atoms with Crippen LogP contribution in [-0.4, -0.2) is 21.3 Å². The minimum Gasteiger partial charge on any atom is -0.369 e. The molecular weight excluding hydrogens is 300 g/mol. The summed E-state index contributed by atoms with van der Waals surface area (Å²) in [5.74, 6) is -0.463. The first-order valence-electron chi connectivity index (χ1n) is 8.21. The molecule has 2 atom stereocenters. The number of nitrogens with zero attached hydrogens (tertiary/aromatic N) is 3. The first-order valence-corrected chi connectivity index (χ1v) is 8.21. The van der Waals surface area contributed by atoms with E-state index in [1.54, 1.807) is 0 Å². The van der Waals surface area contributed by atoms with E-state index >= 15 is 0 Å². The van der Waals surface area contributed by atoms with E-state index in [2.05, 4.69) is 24.1 Å². The molecule has 5 heteroatoms. The number of primary amides is 1. The lowest BCUT2D eigenvalue weighted by Gasteiger charge is -2.39. The summed E-state index contributed by atoms with van der Waals surface area (Å²) in [5, 5.41) is 0. The average molecular weight is 320 g/mol. The Morgan fingerprint density at radius 2 is 2.04 bits per heavy atom. The molecule has 1 aliphatic heterocycles. The highest BCUT2D eigenvalue weighted by Crippen LogP contribution is 2.38. The molecular formula is C19H20N4O. The third-order valence-electron chi connectivity index (χ3n) is 4.82. The van der Waals surface area contributed by atoms with Crippen LogP contribution in [0.3, 0.4) is 0 Å². The van der Waals surface area contributed by atoms with Gasteiger partial charge < -0.3 is 15.0 Å². The van der Waals surface area contributed by atoms with Crippen molar-refractivity contribution in [2.75, 3.05) is 4.90 Å². The lowest BCUT2D eigenvalue weighted by atomic mass is 9.85. The molecule has 0 fully saturated rings. The van der Waals surface area contributed by atoms with Gasteiger partial charge in [-0.3, -0.25) is 4.79 Å². The minimum atomic E-state index is -0.248. The zero-order chi connectivity index (χ0) is 16.7. The molecule has 0 bridgehead atoms. The Kier molecular flexibility index (Phi) is 3.49. The predicted molar refractivity (Wildman–Crippen MR) is 93.8 cm³/mol. The Morgan fingerprint density at radius 3 is 2.83 bits per heavy atom. The van der Waals surface area contributed by atoms with Gasteiger partial charge in [0.2, 0.25) is 5.91 Å². The Bertz CT molecular complexity index is 868. The van der Waals surface area contributed by atoms with Gasteiger partial charge in [0, 0.05) is 24.1 Å². The van der Waals surface area contributed by atoms with E-state index in [0.29, 0.717) is 6.54 Å². The number of anilines is 1. The smallest absolute Gasteiger partial charge is 0.225 e. The number of rotatable bonds is 3. The van der Waals surface area contributed by atoms with E-state index in [1.165, 1.54) is 0 Å². The molecule has 122 valence electrons. The number of carbonyl (C=O) groups excluding carboxylic acids is 1. The zero-order valence-corrected chi connectivity index (χ0v) is 13.6. The number of hydrogen-bond acceptors (Lipinski definition) is 3. The molecule has 1 aliphatic rings. The first-order chi connectivity index (χ1) is 11.6. The number of nitrogens with two attached hydrogens (primary N) is 1. The second-order valence-electron chi connectivity index (χ2n) is 6.42. The maximum absolute atomic E-state index is 11.8. The van der Waals surface area contributed by atoms with Crippen molar-refractivity contribution in [2.24, 2.45) is 5.73 Å². The van der Waals surface area contributed by atoms with Crippen LogP contribution in [0.2, 0.25) is 0 Å². The van der Waals surface area contributed by atoms with E-state index in [1.807, 2.05) is 47.0 Å². The van der Waals surface area contributed by atoms with Gasteiger partial charge in [0.15, 0.2) is 0 Å². The molecule has 1 aromatic carbocycles. The van der Waals surface area contributed by atoms with Crippen molar-refractivity contribution in [2.45, 2.75) is 31.8 Å². The summed E-state index contributed by atoms with van der Waals surface area (Å²) in [7, 11) is 0. The van der Waals surface area contributed by atoms with Crippen LogP contribution in [0.1, 0.15) is 30.5 Å². The van der Waals surface area contributed by atoms with E-state index < -0.39 is 0 Å². The summed E-state index contributed by atoms with van der Waals surface area (Å²) in [6, 6.07) is 14.3. The topological polar surface area (TPSA) is 63.6 Å². The molecule has 0 spiro atoms. The molecule has 4 rings (SSSR count). The van der Waals surface area contributed by atoms with Crippen molar-refractivity contribution >= 4 is 17.2 Å². The van der Waals surface area contributed by atoms with Gasteiger partial charge in [-0.05, 0) is 37.1 Å². The molecule has 24 heavy (non-hydrogen) atoms. The van der Waals surface area contributed by atoms with Crippen LogP contribution in [0.25, 0.3) is 5.65 Å². The average Bonchev–Trinajstić information content (AvgIpc) is 2.99. The fourth-order valence-corrected chi connectivity index (χ4v) is 3.62. The van der Waals surface area contributed by atoms with Gasteiger partial charge in [0.05, 0.1) is 18.2 Å². The summed E-state index contributed by atoms with van der Waals surface area (Å²) in [5.41, 5.74) is 9.68. The van der Waals surface area contributed by atoms with Crippen molar-refractivity contribution in [3.05, 3.63) is 66.1 Å². The maximum atomic E-state index is 11.8. The standard InChI is InChI=1S/C19H20N4O/c1-13-10-16(19(20)24)15-6-2-3-7-17(15)23(13)12-14-11-22-9-5-4-8-18(22)21-14/h2-9,11,13,16H,10,12H2,1H3,(H2,20,24)/t13-,16+/m0/s1. The lowest BCUT2D eigenvalue weighted by Crippen LogP contribution is -2.41. The fraction of sp³-hybridized carbons (Fsp3) is 0.263. The summed E-state index contributed by atoms with van der Waals surface area (Å²) in [4.78, 5) is 18.8. The zero-order valence-electron chi connectivity index (χ0n) is 13.6. The number of amides is 1. The van der Waals surface area contributed by atoms with Gasteiger partial charge in [-0.25, -0.2) is 4.98 Å². The van der Waals surface area contributed by atoms with E-state index in [9.17, 15) is 4.79 Å². The van der Waals surface area contributed by atoms with Gasteiger partial charge in [-0.1, -0.05) is 24.3 Å². The van der Waals surface area contributed by atoms with E-state index in [0.717, 1.165) is 29.0 Å². The van der Waals surface area contributed by atoms with Gasteiger partial charge in [-0.15, -0.1) is 0 Å². The van der Waals surface area contributed by atoms with Gasteiger partial charge in [-0.2, -0.15) is 0 Å². The predicted octanol–water partition coefficient (Wildman–Crippen LogP) is 2.70. The van der Waals surface area contributed by atoms with Crippen LogP contribution in [0, 0.1) is 0 Å². The number of aromatic nitrogens is 2. The molecule has 1 amide bonds. The summed E-state index contributed by atoms with van der Waals surface area (Å²) in [6.07, 6.45) is 4.80. The van der Waals surface area contributed by atoms with Gasteiger partial charge >= 0.3 is 0 Å². The summed E-state index contributed by atoms with van der Waals surface area (Å²) >= 11 is 0. The van der Waals surface area contributed by atoms with Crippen LogP contribution in [0.15, 0.2) is 54.9 Å². The summed E-state index contributed by atoms with van der Waals surface area (Å²) < 4.78 is 2.03. The second kappa shape index (κ2) is 5.67. The number of carbonyl (C=O) groups is 1. The highest BCUT2D eigenvalue weighted by molar-refractivity contribution is 5.85. The molecule has 0 aliphatic carbocycles. The molecule has 3 heterocycles. The molecule has 3 aromatic rings. The molecule has 2 aromatic heterocycles. The minimum absolute atomic E-state index is 0.214. The number of imidazole rings is 1. The number of para-hydroxylation sites is 1. The van der Waals surface area contributed by atoms with Crippen LogP contribution < -0.4 is 10.6 Å². The molecule has 5 nitrogen and oxygen atoms in total. The highest BCUT2D eigenvalue weighted by atomic mass is 16.1. The number of pyridine rings is 1. The van der Waals surface area contributed by atoms with Crippen molar-refractivity contribution in [1.29, 1.82) is 0 Å². The van der Waals surface area contributed by atoms with E-state index in [-0.39, 0.29) is 17.9 Å². The van der Waals surface area contributed by atoms with Crippen molar-refractivity contribution in [1.82, 2.24) is 9.38 Å². The molecule has 0 saturated carbocycles. The molecule has 0 unspecified atom stereocenters. The molecule has 2 N–H and O–H groups in total. The van der Waals surface area contributed by atoms with Crippen molar-refractivity contribution in [3.63, 3.8) is 0 Å². The first kappa shape index (κ1) is 14.8. The van der Waals surface area contributed by atoms with Crippen molar-refractivity contribution < 1.29 is 4.79 Å². The van der Waals surface area contributed by atoms with Crippen LogP contribution >= 0.6 is 0 Å². The van der Waals surface area contributed by atoms with Crippen LogP contribution in [0.4, 0.5) is 5.69 Å². The Labute approximate surface area is 140 Å². The van der Waals surface area contributed by atoms with Gasteiger partial charge in [0.1, 0.15) is 5.65 Å². The number of benzene rings is 1. The summed E-state index contributed by atoms with van der Waals surface area (Å²) in [6.45, 7) is 2.85. The number of hydrogen-bond donors (Lipinski definition) is 1. The Morgan fingerprint density at radius 1 is 1.25 bits per heavy atom. The van der Waals surface area contributed by atoms with Gasteiger partial charge in [0.25, 0.3) is 0 Å². The van der Waals surface area contributed by atoms with Crippen LogP contribution in [0.5, 0.6) is 0 Å². The third-order valence-corrected chi connectivity index (χ3v) is 4.82. The normalized spacial score (nSPS) is 20.1. The number of fused-ring (bicyclic) bond motifs is 2. The lowest BCUT2D eigenvalue weighted by molar-refractivity contribution is -0.119. The fourth-order valence-electron chi connectivity index (χ4n) is 3.62. The SMILES string of the molecule is C[C@H]1C[C@@H](C(N)=O)c2ccccc2N1Cc1cn2ccccc2n1.